The molecule has 4 nitrogen and oxygen atoms in total. The Balaban J connectivity index is 1.08. The van der Waals surface area contributed by atoms with Crippen molar-refractivity contribution >= 4 is 0 Å². The van der Waals surface area contributed by atoms with Gasteiger partial charge in [-0.1, -0.05) is 86.6 Å². The lowest BCUT2D eigenvalue weighted by molar-refractivity contribution is 0.414. The van der Waals surface area contributed by atoms with Crippen LogP contribution in [0.25, 0.3) is 11.1 Å². The Kier molecular flexibility index (Phi) is 8.33. The van der Waals surface area contributed by atoms with E-state index >= 15 is 0 Å². The van der Waals surface area contributed by atoms with Crippen molar-refractivity contribution < 1.29 is 18.9 Å². The van der Waals surface area contributed by atoms with Crippen LogP contribution >= 0.6 is 0 Å². The predicted molar refractivity (Wildman–Crippen MR) is 177 cm³/mol. The van der Waals surface area contributed by atoms with E-state index in [2.05, 4.69) is 62.4 Å². The summed E-state index contributed by atoms with van der Waals surface area (Å²) in [5.41, 5.74) is 4.46. The third kappa shape index (κ3) is 6.77. The van der Waals surface area contributed by atoms with E-state index < -0.39 is 0 Å². The minimum atomic E-state index is -0.158. The molecule has 6 rings (SSSR count). The van der Waals surface area contributed by atoms with Crippen LogP contribution < -0.4 is 18.9 Å². The van der Waals surface area contributed by atoms with E-state index in [1.54, 1.807) is 7.11 Å². The average molecular weight is 579 g/mol. The second-order valence-electron chi connectivity index (χ2n) is 11.0. The molecule has 0 aliphatic heterocycles. The fourth-order valence-electron chi connectivity index (χ4n) is 5.04. The summed E-state index contributed by atoms with van der Waals surface area (Å²) in [6, 6.07) is 50.1. The molecule has 0 spiro atoms. The first kappa shape index (κ1) is 28.6. The van der Waals surface area contributed by atoms with E-state index in [0.717, 1.165) is 39.9 Å². The quantitative estimate of drug-likeness (QED) is 0.162. The molecule has 0 fully saturated rings. The van der Waals surface area contributed by atoms with Crippen LogP contribution in [0.1, 0.15) is 25.0 Å². The number of hydrogen-bond donors (Lipinski definition) is 0. The highest BCUT2D eigenvalue weighted by Gasteiger charge is 2.23. The van der Waals surface area contributed by atoms with Gasteiger partial charge in [-0.2, -0.15) is 0 Å². The van der Waals surface area contributed by atoms with E-state index in [9.17, 15) is 0 Å². The van der Waals surface area contributed by atoms with Crippen molar-refractivity contribution in [2.24, 2.45) is 0 Å². The lowest BCUT2D eigenvalue weighted by Gasteiger charge is -2.26. The molecular weight excluding hydrogens is 544 g/mol. The van der Waals surface area contributed by atoms with Gasteiger partial charge in [-0.15, -0.1) is 0 Å². The molecule has 0 saturated heterocycles. The zero-order valence-electron chi connectivity index (χ0n) is 25.1. The molecule has 0 bridgehead atoms. The average Bonchev–Trinajstić information content (AvgIpc) is 3.06. The summed E-state index contributed by atoms with van der Waals surface area (Å²) in [7, 11) is 1.68. The summed E-state index contributed by atoms with van der Waals surface area (Å²) in [6.07, 6.45) is 0. The van der Waals surface area contributed by atoms with Crippen molar-refractivity contribution in [1.82, 2.24) is 0 Å². The summed E-state index contributed by atoms with van der Waals surface area (Å²) in [5.74, 6) is 5.40. The SMILES string of the molecule is COc1ccc(C(C)(C)c2ccc(Oc3cccc(Oc4ccc(-c5ccc(Oc6ccccc6)cc5)cc4)c3)cc2)cc1. The summed E-state index contributed by atoms with van der Waals surface area (Å²) >= 11 is 0. The Bertz CT molecular complexity index is 1790. The standard InChI is InChI=1S/C40H34O4/c1-40(2,31-16-24-33(41-3)25-17-31)32-18-26-37(27-19-32)44-39-11-7-10-38(28-39)43-36-22-14-30(15-23-36)29-12-20-35(21-13-29)42-34-8-5-4-6-9-34/h4-28H,1-3H3. The molecular formula is C40H34O4. The van der Waals surface area contributed by atoms with Gasteiger partial charge < -0.3 is 18.9 Å². The zero-order chi connectivity index (χ0) is 30.4. The maximum absolute atomic E-state index is 6.18. The molecule has 0 saturated carbocycles. The lowest BCUT2D eigenvalue weighted by Crippen LogP contribution is -2.18. The van der Waals surface area contributed by atoms with Crippen LogP contribution in [0, 0.1) is 0 Å². The maximum Gasteiger partial charge on any atom is 0.131 e. The van der Waals surface area contributed by atoms with E-state index in [-0.39, 0.29) is 5.41 Å². The van der Waals surface area contributed by atoms with Crippen molar-refractivity contribution in [1.29, 1.82) is 0 Å². The van der Waals surface area contributed by atoms with Crippen molar-refractivity contribution in [3.8, 4) is 51.4 Å². The Hall–Kier alpha value is -5.48. The number of ether oxygens (including phenoxy) is 4. The highest BCUT2D eigenvalue weighted by molar-refractivity contribution is 5.65. The highest BCUT2D eigenvalue weighted by atomic mass is 16.5. The second kappa shape index (κ2) is 12.8. The minimum absolute atomic E-state index is 0.158. The lowest BCUT2D eigenvalue weighted by atomic mass is 9.78. The first-order chi connectivity index (χ1) is 21.5. The number of rotatable bonds is 10. The smallest absolute Gasteiger partial charge is 0.131 e. The normalized spacial score (nSPS) is 11.1. The van der Waals surface area contributed by atoms with Crippen molar-refractivity contribution in [2.45, 2.75) is 19.3 Å². The van der Waals surface area contributed by atoms with Crippen LogP contribution in [0.4, 0.5) is 0 Å². The number of hydrogen-bond acceptors (Lipinski definition) is 4. The van der Waals surface area contributed by atoms with Gasteiger partial charge in [-0.3, -0.25) is 0 Å². The van der Waals surface area contributed by atoms with E-state index in [1.807, 2.05) is 103 Å². The van der Waals surface area contributed by atoms with E-state index in [0.29, 0.717) is 11.5 Å². The molecule has 0 aliphatic rings. The number of para-hydroxylation sites is 1. The van der Waals surface area contributed by atoms with Gasteiger partial charge in [0, 0.05) is 11.5 Å². The van der Waals surface area contributed by atoms with Crippen molar-refractivity contribution in [3.05, 3.63) is 163 Å². The third-order valence-electron chi connectivity index (χ3n) is 7.69. The maximum atomic E-state index is 6.18. The molecule has 6 aromatic rings. The Morgan fingerprint density at radius 1 is 0.364 bits per heavy atom. The summed E-state index contributed by atoms with van der Waals surface area (Å²) in [4.78, 5) is 0. The van der Waals surface area contributed by atoms with Gasteiger partial charge in [0.25, 0.3) is 0 Å². The van der Waals surface area contributed by atoms with E-state index in [1.165, 1.54) is 11.1 Å². The fourth-order valence-corrected chi connectivity index (χ4v) is 5.04. The molecule has 0 heterocycles. The Morgan fingerprint density at radius 2 is 0.727 bits per heavy atom. The van der Waals surface area contributed by atoms with Gasteiger partial charge in [0.2, 0.25) is 0 Å². The monoisotopic (exact) mass is 578 g/mol. The van der Waals surface area contributed by atoms with Gasteiger partial charge in [-0.05, 0) is 95.1 Å². The van der Waals surface area contributed by atoms with Gasteiger partial charge in [0.15, 0.2) is 0 Å². The number of benzene rings is 6. The molecule has 0 atom stereocenters. The first-order valence-electron chi connectivity index (χ1n) is 14.6. The largest absolute Gasteiger partial charge is 0.497 e. The second-order valence-corrected chi connectivity index (χ2v) is 11.0. The Morgan fingerprint density at radius 3 is 1.18 bits per heavy atom. The third-order valence-corrected chi connectivity index (χ3v) is 7.69. The summed E-state index contributed by atoms with van der Waals surface area (Å²) < 4.78 is 23.6. The van der Waals surface area contributed by atoms with Crippen LogP contribution in [-0.4, -0.2) is 7.11 Å². The molecule has 6 aromatic carbocycles. The zero-order valence-corrected chi connectivity index (χ0v) is 25.1. The Labute approximate surface area is 259 Å². The molecule has 218 valence electrons. The van der Waals surface area contributed by atoms with Crippen LogP contribution in [0.2, 0.25) is 0 Å². The van der Waals surface area contributed by atoms with Crippen LogP contribution in [0.5, 0.6) is 40.2 Å². The molecule has 0 aliphatic carbocycles. The molecule has 0 radical (unpaired) electrons. The van der Waals surface area contributed by atoms with Gasteiger partial charge >= 0.3 is 0 Å². The number of methoxy groups -OCH3 is 1. The predicted octanol–water partition coefficient (Wildman–Crippen LogP) is 11.1. The molecule has 4 heteroatoms. The topological polar surface area (TPSA) is 36.9 Å². The molecule has 0 unspecified atom stereocenters. The first-order valence-corrected chi connectivity index (χ1v) is 14.6. The van der Waals surface area contributed by atoms with Crippen molar-refractivity contribution in [3.63, 3.8) is 0 Å². The summed E-state index contributed by atoms with van der Waals surface area (Å²) in [5, 5.41) is 0. The molecule has 0 N–H and O–H groups in total. The van der Waals surface area contributed by atoms with Crippen LogP contribution in [-0.2, 0) is 5.41 Å². The van der Waals surface area contributed by atoms with E-state index in [4.69, 9.17) is 18.9 Å². The van der Waals surface area contributed by atoms with Crippen LogP contribution in [0.3, 0.4) is 0 Å². The molecule has 0 aromatic heterocycles. The molecule has 0 amide bonds. The molecule has 44 heavy (non-hydrogen) atoms. The van der Waals surface area contributed by atoms with Gasteiger partial charge in [0.05, 0.1) is 7.11 Å². The highest BCUT2D eigenvalue weighted by Crippen LogP contribution is 2.35. The fraction of sp³-hybridized carbons (Fsp3) is 0.100. The van der Waals surface area contributed by atoms with Crippen molar-refractivity contribution in [2.75, 3.05) is 7.11 Å². The summed E-state index contributed by atoms with van der Waals surface area (Å²) in [6.45, 7) is 4.44. The van der Waals surface area contributed by atoms with Gasteiger partial charge in [-0.25, -0.2) is 0 Å². The van der Waals surface area contributed by atoms with Gasteiger partial charge in [0.1, 0.15) is 40.2 Å². The minimum Gasteiger partial charge on any atom is -0.497 e. The van der Waals surface area contributed by atoms with Crippen LogP contribution in [0.15, 0.2) is 152 Å².